The van der Waals surface area contributed by atoms with Gasteiger partial charge in [0, 0.05) is 24.2 Å². The second-order valence-corrected chi connectivity index (χ2v) is 5.21. The maximum Gasteiger partial charge on any atom is 0.136 e. The van der Waals surface area contributed by atoms with Gasteiger partial charge in [0.2, 0.25) is 0 Å². The van der Waals surface area contributed by atoms with Crippen molar-refractivity contribution in [3.63, 3.8) is 0 Å². The van der Waals surface area contributed by atoms with Gasteiger partial charge in [-0.05, 0) is 31.2 Å². The van der Waals surface area contributed by atoms with Gasteiger partial charge < -0.3 is 4.90 Å². The third kappa shape index (κ3) is 2.20. The highest BCUT2D eigenvalue weighted by Gasteiger charge is 2.14. The highest BCUT2D eigenvalue weighted by Crippen LogP contribution is 2.27. The summed E-state index contributed by atoms with van der Waals surface area (Å²) in [5.41, 5.74) is 1.12. The summed E-state index contributed by atoms with van der Waals surface area (Å²) in [4.78, 5) is 7.27. The van der Waals surface area contributed by atoms with Crippen LogP contribution in [0.4, 0.5) is 5.82 Å². The molecule has 2 heterocycles. The fourth-order valence-corrected chi connectivity index (χ4v) is 2.83. The van der Waals surface area contributed by atoms with Crippen LogP contribution in [0.25, 0.3) is 10.8 Å². The topological polar surface area (TPSA) is 16.1 Å². The van der Waals surface area contributed by atoms with Crippen molar-refractivity contribution in [3.8, 4) is 0 Å². The summed E-state index contributed by atoms with van der Waals surface area (Å²) in [5.74, 6) is 1.19. The van der Waals surface area contributed by atoms with Gasteiger partial charge in [-0.25, -0.2) is 4.98 Å². The Bertz CT molecular complexity index is 540. The minimum Gasteiger partial charge on any atom is -0.356 e. The molecular weight excluding hydrogens is 220 g/mol. The molecule has 0 aliphatic carbocycles. The van der Waals surface area contributed by atoms with Crippen LogP contribution in [0.15, 0.2) is 30.3 Å². The van der Waals surface area contributed by atoms with Gasteiger partial charge in [0.25, 0.3) is 0 Å². The van der Waals surface area contributed by atoms with Crippen molar-refractivity contribution < 1.29 is 0 Å². The Morgan fingerprint density at radius 1 is 1.00 bits per heavy atom. The molecule has 0 unspecified atom stereocenters. The molecule has 0 radical (unpaired) electrons. The van der Waals surface area contributed by atoms with Crippen LogP contribution < -0.4 is 4.90 Å². The summed E-state index contributed by atoms with van der Waals surface area (Å²) < 4.78 is 0. The lowest BCUT2D eigenvalue weighted by atomic mass is 10.1. The van der Waals surface area contributed by atoms with E-state index in [0.29, 0.717) is 0 Å². The molecule has 1 saturated heterocycles. The summed E-state index contributed by atoms with van der Waals surface area (Å²) in [6, 6.07) is 10.8. The number of fused-ring (bicyclic) bond motifs is 1. The number of hydrogen-bond acceptors (Lipinski definition) is 2. The summed E-state index contributed by atoms with van der Waals surface area (Å²) in [7, 11) is 0. The Hall–Kier alpha value is -1.57. The predicted molar refractivity (Wildman–Crippen MR) is 77.2 cm³/mol. The van der Waals surface area contributed by atoms with Crippen LogP contribution in [0.5, 0.6) is 0 Å². The number of nitrogens with zero attached hydrogens (tertiary/aromatic N) is 2. The van der Waals surface area contributed by atoms with E-state index < -0.39 is 0 Å². The number of rotatable bonds is 1. The molecule has 2 aromatic rings. The number of benzene rings is 1. The Kier molecular flexibility index (Phi) is 3.18. The molecule has 0 amide bonds. The van der Waals surface area contributed by atoms with E-state index in [9.17, 15) is 0 Å². The molecule has 0 atom stereocenters. The largest absolute Gasteiger partial charge is 0.356 e. The first kappa shape index (κ1) is 11.5. The number of aryl methyl sites for hydroxylation is 1. The number of aromatic nitrogens is 1. The fourth-order valence-electron chi connectivity index (χ4n) is 2.83. The van der Waals surface area contributed by atoms with Crippen LogP contribution in [-0.4, -0.2) is 18.1 Å². The van der Waals surface area contributed by atoms with Crippen LogP contribution in [0.2, 0.25) is 0 Å². The van der Waals surface area contributed by atoms with Crippen molar-refractivity contribution in [1.29, 1.82) is 0 Å². The third-order valence-electron chi connectivity index (χ3n) is 3.75. The second-order valence-electron chi connectivity index (χ2n) is 5.21. The van der Waals surface area contributed by atoms with E-state index in [0.717, 1.165) is 18.8 Å². The van der Waals surface area contributed by atoms with E-state index in [4.69, 9.17) is 4.98 Å². The highest BCUT2D eigenvalue weighted by atomic mass is 15.2. The van der Waals surface area contributed by atoms with Crippen LogP contribution in [0, 0.1) is 6.92 Å². The zero-order valence-corrected chi connectivity index (χ0v) is 11.0. The van der Waals surface area contributed by atoms with Crippen molar-refractivity contribution in [2.24, 2.45) is 0 Å². The van der Waals surface area contributed by atoms with Crippen molar-refractivity contribution >= 4 is 16.6 Å². The van der Waals surface area contributed by atoms with Crippen LogP contribution in [0.1, 0.15) is 31.4 Å². The molecule has 1 aromatic carbocycles. The van der Waals surface area contributed by atoms with Gasteiger partial charge in [-0.15, -0.1) is 0 Å². The number of anilines is 1. The van der Waals surface area contributed by atoms with Gasteiger partial charge in [-0.2, -0.15) is 0 Å². The molecule has 0 N–H and O–H groups in total. The summed E-state index contributed by atoms with van der Waals surface area (Å²) >= 11 is 0. The van der Waals surface area contributed by atoms with Crippen molar-refractivity contribution in [2.75, 3.05) is 18.0 Å². The molecule has 0 bridgehead atoms. The lowest BCUT2D eigenvalue weighted by Gasteiger charge is -2.23. The van der Waals surface area contributed by atoms with Crippen molar-refractivity contribution in [1.82, 2.24) is 4.98 Å². The van der Waals surface area contributed by atoms with E-state index in [1.54, 1.807) is 0 Å². The number of hydrogen-bond donors (Lipinski definition) is 0. The van der Waals surface area contributed by atoms with E-state index in [1.165, 1.54) is 42.3 Å². The van der Waals surface area contributed by atoms with Crippen molar-refractivity contribution in [3.05, 3.63) is 36.0 Å². The first-order valence-electron chi connectivity index (χ1n) is 6.96. The Balaban J connectivity index is 2.08. The van der Waals surface area contributed by atoms with Gasteiger partial charge in [0.15, 0.2) is 0 Å². The first-order chi connectivity index (χ1) is 8.84. The highest BCUT2D eigenvalue weighted by molar-refractivity contribution is 5.92. The fraction of sp³-hybridized carbons (Fsp3) is 0.438. The van der Waals surface area contributed by atoms with E-state index in [-0.39, 0.29) is 0 Å². The standard InChI is InChI=1S/C16H20N2/c1-13-12-14-8-4-5-9-15(14)16(17-13)18-10-6-2-3-7-11-18/h4-5,8-9,12H,2-3,6-7,10-11H2,1H3. The minimum absolute atomic E-state index is 1.12. The smallest absolute Gasteiger partial charge is 0.136 e. The minimum atomic E-state index is 1.12. The molecule has 94 valence electrons. The molecule has 1 fully saturated rings. The summed E-state index contributed by atoms with van der Waals surface area (Å²) in [5, 5.41) is 2.61. The monoisotopic (exact) mass is 240 g/mol. The quantitative estimate of drug-likeness (QED) is 0.751. The van der Waals surface area contributed by atoms with E-state index in [1.807, 2.05) is 0 Å². The van der Waals surface area contributed by atoms with E-state index >= 15 is 0 Å². The molecular formula is C16H20N2. The van der Waals surface area contributed by atoms with Gasteiger partial charge in [-0.3, -0.25) is 0 Å². The Morgan fingerprint density at radius 2 is 1.72 bits per heavy atom. The van der Waals surface area contributed by atoms with Gasteiger partial charge in [0.05, 0.1) is 0 Å². The van der Waals surface area contributed by atoms with Gasteiger partial charge in [-0.1, -0.05) is 37.1 Å². The SMILES string of the molecule is Cc1cc2ccccc2c(N2CCCCCC2)n1. The van der Waals surface area contributed by atoms with Crippen LogP contribution in [-0.2, 0) is 0 Å². The van der Waals surface area contributed by atoms with Gasteiger partial charge in [0.1, 0.15) is 5.82 Å². The number of pyridine rings is 1. The average molecular weight is 240 g/mol. The average Bonchev–Trinajstić information content (AvgIpc) is 2.66. The van der Waals surface area contributed by atoms with Crippen LogP contribution >= 0.6 is 0 Å². The predicted octanol–water partition coefficient (Wildman–Crippen LogP) is 3.92. The second kappa shape index (κ2) is 4.97. The first-order valence-corrected chi connectivity index (χ1v) is 6.96. The summed E-state index contributed by atoms with van der Waals surface area (Å²) in [6.45, 7) is 4.40. The molecule has 0 spiro atoms. The molecule has 1 aliphatic heterocycles. The molecule has 1 aromatic heterocycles. The molecule has 1 aliphatic rings. The maximum absolute atomic E-state index is 4.79. The molecule has 2 heteroatoms. The van der Waals surface area contributed by atoms with Crippen molar-refractivity contribution in [2.45, 2.75) is 32.6 Å². The van der Waals surface area contributed by atoms with Crippen LogP contribution in [0.3, 0.4) is 0 Å². The van der Waals surface area contributed by atoms with Gasteiger partial charge >= 0.3 is 0 Å². The molecule has 0 saturated carbocycles. The maximum atomic E-state index is 4.79. The molecule has 18 heavy (non-hydrogen) atoms. The van der Waals surface area contributed by atoms with E-state index in [2.05, 4.69) is 42.2 Å². The normalized spacial score (nSPS) is 16.8. The molecule has 2 nitrogen and oxygen atoms in total. The third-order valence-corrected chi connectivity index (χ3v) is 3.75. The molecule has 3 rings (SSSR count). The Morgan fingerprint density at radius 3 is 2.50 bits per heavy atom. The lowest BCUT2D eigenvalue weighted by Crippen LogP contribution is -2.25. The zero-order chi connectivity index (χ0) is 12.4. The Labute approximate surface area is 109 Å². The zero-order valence-electron chi connectivity index (χ0n) is 11.0. The lowest BCUT2D eigenvalue weighted by molar-refractivity contribution is 0.726. The summed E-state index contributed by atoms with van der Waals surface area (Å²) in [6.07, 6.45) is 5.31.